The van der Waals surface area contributed by atoms with E-state index < -0.39 is 0 Å². The number of phenolic OH excluding ortho intramolecular Hbond substituents is 1. The lowest BCUT2D eigenvalue weighted by molar-refractivity contribution is 0.463. The van der Waals surface area contributed by atoms with E-state index >= 15 is 0 Å². The molecule has 0 radical (unpaired) electrons. The van der Waals surface area contributed by atoms with Crippen molar-refractivity contribution in [1.29, 1.82) is 0 Å². The van der Waals surface area contributed by atoms with Crippen LogP contribution in [0.2, 0.25) is 0 Å². The van der Waals surface area contributed by atoms with Crippen LogP contribution in [-0.2, 0) is 6.54 Å². The van der Waals surface area contributed by atoms with Crippen molar-refractivity contribution in [1.82, 2.24) is 5.32 Å². The smallest absolute Gasteiger partial charge is 0.127 e. The summed E-state index contributed by atoms with van der Waals surface area (Å²) in [5, 5.41) is 12.6. The van der Waals surface area contributed by atoms with E-state index in [1.807, 2.05) is 0 Å². The van der Waals surface area contributed by atoms with Crippen LogP contribution in [0.25, 0.3) is 0 Å². The van der Waals surface area contributed by atoms with Gasteiger partial charge in [-0.3, -0.25) is 0 Å². The first kappa shape index (κ1) is 10.4. The van der Waals surface area contributed by atoms with Crippen molar-refractivity contribution in [2.24, 2.45) is 5.92 Å². The highest BCUT2D eigenvalue weighted by Crippen LogP contribution is 2.32. The SMILES string of the molecule is CC(NCc1cc(O)cc(F)c1)C1CC1. The molecule has 2 rings (SSSR count). The number of phenols is 1. The molecule has 0 aromatic heterocycles. The van der Waals surface area contributed by atoms with E-state index in [0.29, 0.717) is 12.6 Å². The van der Waals surface area contributed by atoms with E-state index in [-0.39, 0.29) is 11.6 Å². The molecule has 1 atom stereocenters. The highest BCUT2D eigenvalue weighted by molar-refractivity contribution is 5.28. The van der Waals surface area contributed by atoms with Gasteiger partial charge in [-0.05, 0) is 43.4 Å². The Morgan fingerprint density at radius 1 is 1.47 bits per heavy atom. The number of hydrogen-bond acceptors (Lipinski definition) is 2. The third-order valence-electron chi connectivity index (χ3n) is 2.90. The highest BCUT2D eigenvalue weighted by Gasteiger charge is 2.27. The second-order valence-corrected chi connectivity index (χ2v) is 4.32. The molecule has 1 saturated carbocycles. The van der Waals surface area contributed by atoms with Crippen molar-refractivity contribution >= 4 is 0 Å². The fraction of sp³-hybridized carbons (Fsp3) is 0.500. The van der Waals surface area contributed by atoms with Gasteiger partial charge in [0, 0.05) is 18.7 Å². The van der Waals surface area contributed by atoms with Gasteiger partial charge in [0.15, 0.2) is 0 Å². The van der Waals surface area contributed by atoms with Crippen molar-refractivity contribution in [3.63, 3.8) is 0 Å². The van der Waals surface area contributed by atoms with Gasteiger partial charge < -0.3 is 10.4 Å². The Kier molecular flexibility index (Phi) is 2.91. The fourth-order valence-electron chi connectivity index (χ4n) is 1.78. The Bertz CT molecular complexity index is 329. The predicted octanol–water partition coefficient (Wildman–Crippen LogP) is 2.42. The minimum Gasteiger partial charge on any atom is -0.508 e. The van der Waals surface area contributed by atoms with E-state index in [1.54, 1.807) is 6.07 Å². The number of nitrogens with one attached hydrogen (secondary N) is 1. The number of hydrogen-bond donors (Lipinski definition) is 2. The van der Waals surface area contributed by atoms with Crippen LogP contribution in [0.3, 0.4) is 0 Å². The zero-order valence-electron chi connectivity index (χ0n) is 8.83. The minimum atomic E-state index is -0.383. The van der Waals surface area contributed by atoms with Crippen molar-refractivity contribution in [3.05, 3.63) is 29.6 Å². The Labute approximate surface area is 89.1 Å². The molecular formula is C12H16FNO. The van der Waals surface area contributed by atoms with Gasteiger partial charge in [0.1, 0.15) is 11.6 Å². The van der Waals surface area contributed by atoms with Crippen molar-refractivity contribution in [3.8, 4) is 5.75 Å². The first-order valence-electron chi connectivity index (χ1n) is 5.37. The van der Waals surface area contributed by atoms with Crippen LogP contribution >= 0.6 is 0 Å². The van der Waals surface area contributed by atoms with Crippen LogP contribution in [0.15, 0.2) is 18.2 Å². The monoisotopic (exact) mass is 209 g/mol. The van der Waals surface area contributed by atoms with Crippen molar-refractivity contribution in [2.75, 3.05) is 0 Å². The van der Waals surface area contributed by atoms with E-state index in [0.717, 1.165) is 17.5 Å². The lowest BCUT2D eigenvalue weighted by Gasteiger charge is -2.12. The van der Waals surface area contributed by atoms with Crippen molar-refractivity contribution < 1.29 is 9.50 Å². The summed E-state index contributed by atoms with van der Waals surface area (Å²) in [5.41, 5.74) is 0.792. The first-order valence-corrected chi connectivity index (χ1v) is 5.37. The molecule has 2 N–H and O–H groups in total. The summed E-state index contributed by atoms with van der Waals surface area (Å²) in [6.07, 6.45) is 2.59. The summed E-state index contributed by atoms with van der Waals surface area (Å²) < 4.78 is 12.9. The molecule has 0 bridgehead atoms. The lowest BCUT2D eigenvalue weighted by Crippen LogP contribution is -2.27. The van der Waals surface area contributed by atoms with Crippen LogP contribution < -0.4 is 5.32 Å². The Morgan fingerprint density at radius 3 is 2.80 bits per heavy atom. The van der Waals surface area contributed by atoms with Crippen LogP contribution in [0, 0.1) is 11.7 Å². The summed E-state index contributed by atoms with van der Waals surface area (Å²) in [4.78, 5) is 0. The quantitative estimate of drug-likeness (QED) is 0.798. The predicted molar refractivity (Wildman–Crippen MR) is 57.1 cm³/mol. The van der Waals surface area contributed by atoms with Crippen molar-refractivity contribution in [2.45, 2.75) is 32.4 Å². The second-order valence-electron chi connectivity index (χ2n) is 4.32. The molecule has 15 heavy (non-hydrogen) atoms. The maximum Gasteiger partial charge on any atom is 0.127 e. The fourth-order valence-corrected chi connectivity index (χ4v) is 1.78. The van der Waals surface area contributed by atoms with Crippen LogP contribution in [0.1, 0.15) is 25.3 Å². The molecule has 0 amide bonds. The second kappa shape index (κ2) is 4.19. The third kappa shape index (κ3) is 2.93. The summed E-state index contributed by atoms with van der Waals surface area (Å²) in [6.45, 7) is 2.76. The molecule has 82 valence electrons. The van der Waals surface area contributed by atoms with Gasteiger partial charge in [-0.15, -0.1) is 0 Å². The topological polar surface area (TPSA) is 32.3 Å². The Hall–Kier alpha value is -1.09. The molecule has 0 spiro atoms. The minimum absolute atomic E-state index is 0.00845. The molecule has 1 aliphatic rings. The Morgan fingerprint density at radius 2 is 2.20 bits per heavy atom. The maximum atomic E-state index is 12.9. The summed E-state index contributed by atoms with van der Waals surface area (Å²) >= 11 is 0. The number of rotatable bonds is 4. The molecule has 2 nitrogen and oxygen atoms in total. The Balaban J connectivity index is 1.91. The summed E-state index contributed by atoms with van der Waals surface area (Å²) in [5.74, 6) is 0.393. The number of benzene rings is 1. The molecule has 0 aliphatic heterocycles. The normalized spacial score (nSPS) is 17.7. The first-order chi connectivity index (χ1) is 7.15. The van der Waals surface area contributed by atoms with Gasteiger partial charge >= 0.3 is 0 Å². The summed E-state index contributed by atoms with van der Waals surface area (Å²) in [7, 11) is 0. The largest absolute Gasteiger partial charge is 0.508 e. The van der Waals surface area contributed by atoms with Crippen LogP contribution in [0.4, 0.5) is 4.39 Å². The van der Waals surface area contributed by atoms with Gasteiger partial charge in [0.25, 0.3) is 0 Å². The van der Waals surface area contributed by atoms with E-state index in [1.165, 1.54) is 18.9 Å². The standard InChI is InChI=1S/C12H16FNO/c1-8(10-2-3-10)14-7-9-4-11(13)6-12(15)5-9/h4-6,8,10,14-15H,2-3,7H2,1H3. The van der Waals surface area contributed by atoms with Gasteiger partial charge in [-0.2, -0.15) is 0 Å². The lowest BCUT2D eigenvalue weighted by atomic mass is 10.1. The molecule has 0 heterocycles. The number of aromatic hydroxyl groups is 1. The maximum absolute atomic E-state index is 12.9. The molecule has 0 saturated heterocycles. The highest BCUT2D eigenvalue weighted by atomic mass is 19.1. The van der Waals surface area contributed by atoms with E-state index in [2.05, 4.69) is 12.2 Å². The zero-order valence-corrected chi connectivity index (χ0v) is 8.83. The molecule has 3 heteroatoms. The van der Waals surface area contributed by atoms with Crippen LogP contribution in [-0.4, -0.2) is 11.1 Å². The zero-order chi connectivity index (χ0) is 10.8. The van der Waals surface area contributed by atoms with Gasteiger partial charge in [-0.1, -0.05) is 0 Å². The summed E-state index contributed by atoms with van der Waals surface area (Å²) in [6, 6.07) is 4.64. The van der Waals surface area contributed by atoms with E-state index in [4.69, 9.17) is 0 Å². The molecule has 1 aromatic carbocycles. The average molecular weight is 209 g/mol. The van der Waals surface area contributed by atoms with Crippen LogP contribution in [0.5, 0.6) is 5.75 Å². The van der Waals surface area contributed by atoms with Gasteiger partial charge in [0.05, 0.1) is 0 Å². The third-order valence-corrected chi connectivity index (χ3v) is 2.90. The van der Waals surface area contributed by atoms with Gasteiger partial charge in [-0.25, -0.2) is 4.39 Å². The molecule has 1 fully saturated rings. The average Bonchev–Trinajstić information content (AvgIpc) is 2.95. The number of halogens is 1. The van der Waals surface area contributed by atoms with Gasteiger partial charge in [0.2, 0.25) is 0 Å². The molecular weight excluding hydrogens is 193 g/mol. The molecule has 1 unspecified atom stereocenters. The molecule has 1 aromatic rings. The molecule has 1 aliphatic carbocycles. The van der Waals surface area contributed by atoms with E-state index in [9.17, 15) is 9.50 Å².